The van der Waals surface area contributed by atoms with Crippen molar-refractivity contribution in [2.24, 2.45) is 0 Å². The van der Waals surface area contributed by atoms with Gasteiger partial charge in [0.2, 0.25) is 21.8 Å². The minimum Gasteiger partial charge on any atom is -0.355 e. The van der Waals surface area contributed by atoms with E-state index in [9.17, 15) is 18.0 Å². The van der Waals surface area contributed by atoms with Crippen LogP contribution in [0.4, 0.5) is 5.69 Å². The lowest BCUT2D eigenvalue weighted by Crippen LogP contribution is -2.52. The average molecular weight is 514 g/mol. The molecule has 2 aromatic carbocycles. The van der Waals surface area contributed by atoms with Gasteiger partial charge in [-0.05, 0) is 38.0 Å². The fraction of sp³-hybridized carbons (Fsp3) is 0.391. The van der Waals surface area contributed by atoms with Crippen molar-refractivity contribution in [3.05, 3.63) is 63.6 Å². The molecule has 0 bridgehead atoms. The van der Waals surface area contributed by atoms with E-state index in [0.29, 0.717) is 13.0 Å². The zero-order valence-corrected chi connectivity index (χ0v) is 21.5. The Morgan fingerprint density at radius 2 is 1.76 bits per heavy atom. The predicted octanol–water partition coefficient (Wildman–Crippen LogP) is 4.01. The summed E-state index contributed by atoms with van der Waals surface area (Å²) in [4.78, 5) is 27.7. The van der Waals surface area contributed by atoms with E-state index in [4.69, 9.17) is 23.2 Å². The number of amides is 2. The molecule has 0 heterocycles. The van der Waals surface area contributed by atoms with Crippen LogP contribution in [0.2, 0.25) is 10.0 Å². The first-order chi connectivity index (χ1) is 15.5. The molecule has 0 spiro atoms. The lowest BCUT2D eigenvalue weighted by Gasteiger charge is -2.33. The second-order valence-corrected chi connectivity index (χ2v) is 10.4. The third-order valence-corrected chi connectivity index (χ3v) is 6.99. The van der Waals surface area contributed by atoms with E-state index in [1.54, 1.807) is 19.9 Å². The Bertz CT molecular complexity index is 1110. The number of sulfonamides is 1. The van der Waals surface area contributed by atoms with E-state index in [-0.39, 0.29) is 28.2 Å². The van der Waals surface area contributed by atoms with Gasteiger partial charge < -0.3 is 10.2 Å². The standard InChI is InChI=1S/C23H29Cl2N3O4S/c1-5-19(23(30)26-6-2)27(14-17-10-7-9-16(3)13-17)21(29)15-28(33(4,31)32)20-12-8-11-18(24)22(20)25/h7-13,19H,5-6,14-15H2,1-4H3,(H,26,30)/t19-/m0/s1. The van der Waals surface area contributed by atoms with Crippen LogP contribution in [-0.2, 0) is 26.2 Å². The molecule has 2 amide bonds. The third kappa shape index (κ3) is 7.09. The Labute approximate surface area is 205 Å². The molecule has 0 unspecified atom stereocenters. The van der Waals surface area contributed by atoms with Gasteiger partial charge in [-0.1, -0.05) is 66.0 Å². The molecule has 0 radical (unpaired) electrons. The maximum atomic E-state index is 13.5. The lowest BCUT2D eigenvalue weighted by molar-refractivity contribution is -0.140. The van der Waals surface area contributed by atoms with Crippen LogP contribution >= 0.6 is 23.2 Å². The van der Waals surface area contributed by atoms with Crippen LogP contribution < -0.4 is 9.62 Å². The van der Waals surface area contributed by atoms with Gasteiger partial charge in [-0.15, -0.1) is 0 Å². The number of likely N-dealkylation sites (N-methyl/N-ethyl adjacent to an activating group) is 1. The molecule has 180 valence electrons. The topological polar surface area (TPSA) is 86.8 Å². The quantitative estimate of drug-likeness (QED) is 0.519. The highest BCUT2D eigenvalue weighted by molar-refractivity contribution is 7.92. The molecule has 0 saturated carbocycles. The number of carbonyl (C=O) groups is 2. The van der Waals surface area contributed by atoms with Crippen molar-refractivity contribution in [2.45, 2.75) is 39.8 Å². The van der Waals surface area contributed by atoms with Crippen molar-refractivity contribution >= 4 is 50.7 Å². The number of anilines is 1. The summed E-state index contributed by atoms with van der Waals surface area (Å²) >= 11 is 12.3. The zero-order valence-electron chi connectivity index (χ0n) is 19.1. The van der Waals surface area contributed by atoms with Crippen LogP contribution in [0.25, 0.3) is 0 Å². The van der Waals surface area contributed by atoms with E-state index in [1.165, 1.54) is 17.0 Å². The van der Waals surface area contributed by atoms with Gasteiger partial charge >= 0.3 is 0 Å². The molecule has 0 fully saturated rings. The van der Waals surface area contributed by atoms with Gasteiger partial charge in [0.05, 0.1) is 22.0 Å². The van der Waals surface area contributed by atoms with Crippen molar-refractivity contribution in [1.82, 2.24) is 10.2 Å². The summed E-state index contributed by atoms with van der Waals surface area (Å²) in [5, 5.41) is 2.95. The second-order valence-electron chi connectivity index (χ2n) is 7.67. The highest BCUT2D eigenvalue weighted by Gasteiger charge is 2.32. The van der Waals surface area contributed by atoms with Gasteiger partial charge in [0.1, 0.15) is 12.6 Å². The number of nitrogens with one attached hydrogen (secondary N) is 1. The van der Waals surface area contributed by atoms with Gasteiger partial charge in [0.25, 0.3) is 0 Å². The van der Waals surface area contributed by atoms with E-state index < -0.39 is 28.5 Å². The van der Waals surface area contributed by atoms with Crippen molar-refractivity contribution < 1.29 is 18.0 Å². The summed E-state index contributed by atoms with van der Waals surface area (Å²) in [5.74, 6) is -0.830. The van der Waals surface area contributed by atoms with Crippen LogP contribution in [0.5, 0.6) is 0 Å². The first-order valence-corrected chi connectivity index (χ1v) is 13.1. The summed E-state index contributed by atoms with van der Waals surface area (Å²) in [7, 11) is -3.89. The number of aryl methyl sites for hydroxylation is 1. The maximum absolute atomic E-state index is 13.5. The Morgan fingerprint density at radius 3 is 2.33 bits per heavy atom. The van der Waals surface area contributed by atoms with Gasteiger partial charge in [-0.25, -0.2) is 8.42 Å². The monoisotopic (exact) mass is 513 g/mol. The summed E-state index contributed by atoms with van der Waals surface area (Å²) in [6, 6.07) is 11.4. The number of benzene rings is 2. The molecule has 0 aromatic heterocycles. The minimum absolute atomic E-state index is 0.0263. The van der Waals surface area contributed by atoms with Crippen LogP contribution in [-0.4, -0.2) is 50.5 Å². The summed E-state index contributed by atoms with van der Waals surface area (Å²) in [5.41, 5.74) is 1.94. The number of halogens is 2. The molecule has 0 saturated heterocycles. The number of nitrogens with zero attached hydrogens (tertiary/aromatic N) is 2. The van der Waals surface area contributed by atoms with Crippen molar-refractivity contribution in [2.75, 3.05) is 23.7 Å². The van der Waals surface area contributed by atoms with Crippen LogP contribution in [0, 0.1) is 6.92 Å². The first-order valence-electron chi connectivity index (χ1n) is 10.5. The van der Waals surface area contributed by atoms with Crippen molar-refractivity contribution in [3.63, 3.8) is 0 Å². The van der Waals surface area contributed by atoms with E-state index >= 15 is 0 Å². The smallest absolute Gasteiger partial charge is 0.244 e. The Morgan fingerprint density at radius 1 is 1.09 bits per heavy atom. The summed E-state index contributed by atoms with van der Waals surface area (Å²) in [6.45, 7) is 5.57. The van der Waals surface area contributed by atoms with Gasteiger partial charge in [-0.3, -0.25) is 13.9 Å². The molecule has 0 aliphatic carbocycles. The molecule has 1 atom stereocenters. The predicted molar refractivity (Wildman–Crippen MR) is 133 cm³/mol. The van der Waals surface area contributed by atoms with E-state index in [0.717, 1.165) is 21.7 Å². The normalized spacial score (nSPS) is 12.2. The van der Waals surface area contributed by atoms with E-state index in [2.05, 4.69) is 5.32 Å². The Balaban J connectivity index is 2.48. The maximum Gasteiger partial charge on any atom is 0.244 e. The molecule has 10 heteroatoms. The largest absolute Gasteiger partial charge is 0.355 e. The number of carbonyl (C=O) groups excluding carboxylic acids is 2. The highest BCUT2D eigenvalue weighted by Crippen LogP contribution is 2.33. The molecule has 1 N–H and O–H groups in total. The van der Waals surface area contributed by atoms with Crippen LogP contribution in [0.3, 0.4) is 0 Å². The third-order valence-electron chi connectivity index (χ3n) is 5.05. The van der Waals surface area contributed by atoms with Gasteiger partial charge in [0, 0.05) is 13.1 Å². The number of hydrogen-bond donors (Lipinski definition) is 1. The minimum atomic E-state index is -3.89. The van der Waals surface area contributed by atoms with Crippen LogP contribution in [0.1, 0.15) is 31.4 Å². The van der Waals surface area contributed by atoms with Gasteiger partial charge in [-0.2, -0.15) is 0 Å². The Kier molecular flexibility index (Phi) is 9.57. The molecule has 0 aliphatic heterocycles. The zero-order chi connectivity index (χ0) is 24.8. The van der Waals surface area contributed by atoms with Crippen LogP contribution in [0.15, 0.2) is 42.5 Å². The average Bonchev–Trinajstić information content (AvgIpc) is 2.73. The SMILES string of the molecule is CCNC(=O)[C@H](CC)N(Cc1cccc(C)c1)C(=O)CN(c1cccc(Cl)c1Cl)S(C)(=O)=O. The molecular formula is C23H29Cl2N3O4S. The molecule has 2 rings (SSSR count). The lowest BCUT2D eigenvalue weighted by atomic mass is 10.1. The van der Waals surface area contributed by atoms with E-state index in [1.807, 2.05) is 31.2 Å². The number of rotatable bonds is 10. The molecule has 7 nitrogen and oxygen atoms in total. The highest BCUT2D eigenvalue weighted by atomic mass is 35.5. The summed E-state index contributed by atoms with van der Waals surface area (Å²) < 4.78 is 26.1. The first kappa shape index (κ1) is 27.0. The second kappa shape index (κ2) is 11.7. The molecular weight excluding hydrogens is 485 g/mol. The fourth-order valence-corrected chi connectivity index (χ4v) is 4.80. The fourth-order valence-electron chi connectivity index (χ4n) is 3.50. The molecule has 33 heavy (non-hydrogen) atoms. The molecule has 2 aromatic rings. The summed E-state index contributed by atoms with van der Waals surface area (Å²) in [6.07, 6.45) is 1.35. The Hall–Kier alpha value is -2.29. The van der Waals surface area contributed by atoms with Crippen molar-refractivity contribution in [1.29, 1.82) is 0 Å². The van der Waals surface area contributed by atoms with Crippen molar-refractivity contribution in [3.8, 4) is 0 Å². The number of hydrogen-bond acceptors (Lipinski definition) is 4. The molecule has 0 aliphatic rings. The van der Waals surface area contributed by atoms with Gasteiger partial charge in [0.15, 0.2) is 0 Å².